The summed E-state index contributed by atoms with van der Waals surface area (Å²) in [4.78, 5) is 34.7. The molecule has 0 saturated carbocycles. The maximum atomic E-state index is 12.2. The minimum absolute atomic E-state index is 0.383. The first-order valence-electron chi connectivity index (χ1n) is 9.51. The first-order valence-corrected chi connectivity index (χ1v) is 9.51. The van der Waals surface area contributed by atoms with E-state index >= 15 is 0 Å². The molecule has 0 amide bonds. The van der Waals surface area contributed by atoms with Crippen molar-refractivity contribution in [3.05, 3.63) is 63.1 Å². The predicted octanol–water partition coefficient (Wildman–Crippen LogP) is 2.12. The van der Waals surface area contributed by atoms with E-state index in [2.05, 4.69) is 34.0 Å². The molecule has 0 radical (unpaired) electrons. The summed E-state index contributed by atoms with van der Waals surface area (Å²) in [5, 5.41) is 11.6. The predicted molar refractivity (Wildman–Crippen MR) is 108 cm³/mol. The summed E-state index contributed by atoms with van der Waals surface area (Å²) in [6.07, 6.45) is -1.30. The molecule has 4 rings (SSSR count). The summed E-state index contributed by atoms with van der Waals surface area (Å²) in [6.45, 7) is 2.08. The van der Waals surface area contributed by atoms with E-state index in [0.717, 1.165) is 42.5 Å². The summed E-state index contributed by atoms with van der Waals surface area (Å²) in [7, 11) is 2.08. The zero-order valence-electron chi connectivity index (χ0n) is 16.6. The Kier molecular flexibility index (Phi) is 6.34. The fourth-order valence-electron chi connectivity index (χ4n) is 3.69. The van der Waals surface area contributed by atoms with Crippen LogP contribution in [0.15, 0.2) is 46.1 Å². The molecule has 0 unspecified atom stereocenters. The molecule has 3 heterocycles. The first kappa shape index (κ1) is 22.3. The minimum atomic E-state index is -5.08. The van der Waals surface area contributed by atoms with Gasteiger partial charge in [0.1, 0.15) is 0 Å². The Morgan fingerprint density at radius 2 is 1.81 bits per heavy atom. The Morgan fingerprint density at radius 1 is 1.16 bits per heavy atom. The topological polar surface area (TPSA) is 109 Å². The van der Waals surface area contributed by atoms with Crippen LogP contribution in [0.4, 0.5) is 13.2 Å². The third-order valence-corrected chi connectivity index (χ3v) is 5.18. The van der Waals surface area contributed by atoms with Crippen LogP contribution >= 0.6 is 0 Å². The monoisotopic (exact) mass is 438 g/mol. The lowest BCUT2D eigenvalue weighted by Gasteiger charge is -2.23. The van der Waals surface area contributed by atoms with Gasteiger partial charge in [0.05, 0.1) is 11.2 Å². The molecule has 1 saturated heterocycles. The second-order valence-electron chi connectivity index (χ2n) is 7.15. The van der Waals surface area contributed by atoms with Crippen LogP contribution in [0.3, 0.4) is 0 Å². The molecule has 1 fully saturated rings. The second-order valence-corrected chi connectivity index (χ2v) is 7.15. The summed E-state index contributed by atoms with van der Waals surface area (Å²) in [6, 6.07) is 9.49. The van der Waals surface area contributed by atoms with Crippen LogP contribution in [0, 0.1) is 0 Å². The van der Waals surface area contributed by atoms with Gasteiger partial charge in [-0.3, -0.25) is 14.3 Å². The molecule has 11 heteroatoms. The molecule has 3 aromatic rings. The number of aliphatic carboxylic acids is 1. The van der Waals surface area contributed by atoms with Crippen LogP contribution in [0.2, 0.25) is 0 Å². The van der Waals surface area contributed by atoms with Crippen LogP contribution in [0.25, 0.3) is 16.6 Å². The number of carboxylic acids is 1. The lowest BCUT2D eigenvalue weighted by molar-refractivity contribution is -0.192. The maximum Gasteiger partial charge on any atom is 0.490 e. The average Bonchev–Trinajstić information content (AvgIpc) is 3.06. The maximum absolute atomic E-state index is 12.2. The van der Waals surface area contributed by atoms with Gasteiger partial charge in [0.2, 0.25) is 0 Å². The van der Waals surface area contributed by atoms with Crippen molar-refractivity contribution < 1.29 is 23.1 Å². The Morgan fingerprint density at radius 3 is 2.39 bits per heavy atom. The van der Waals surface area contributed by atoms with Crippen LogP contribution in [-0.4, -0.2) is 44.5 Å². The van der Waals surface area contributed by atoms with E-state index in [-0.39, 0.29) is 5.56 Å². The van der Waals surface area contributed by atoms with Crippen LogP contribution < -0.4 is 16.6 Å². The van der Waals surface area contributed by atoms with Crippen LogP contribution in [-0.2, 0) is 11.8 Å². The molecule has 1 aliphatic heterocycles. The van der Waals surface area contributed by atoms with Gasteiger partial charge in [0, 0.05) is 36.3 Å². The van der Waals surface area contributed by atoms with E-state index in [1.165, 1.54) is 22.5 Å². The third kappa shape index (κ3) is 4.88. The van der Waals surface area contributed by atoms with Crippen molar-refractivity contribution in [1.29, 1.82) is 0 Å². The Hall–Kier alpha value is -3.34. The molecule has 0 bridgehead atoms. The molecule has 3 N–H and O–H groups in total. The molecule has 166 valence electrons. The van der Waals surface area contributed by atoms with Crippen molar-refractivity contribution in [1.82, 2.24) is 19.4 Å². The summed E-state index contributed by atoms with van der Waals surface area (Å²) >= 11 is 0. The number of carbonyl (C=O) groups is 1. The number of H-pyrrole nitrogens is 1. The number of fused-ring (bicyclic) bond motifs is 1. The van der Waals surface area contributed by atoms with Gasteiger partial charge in [0.25, 0.3) is 5.56 Å². The fraction of sp³-hybridized carbons (Fsp3) is 0.350. The number of carboxylic acid groups (broad SMARTS) is 1. The number of nitrogens with zero attached hydrogens (tertiary/aromatic N) is 2. The van der Waals surface area contributed by atoms with E-state index in [4.69, 9.17) is 9.90 Å². The van der Waals surface area contributed by atoms with Gasteiger partial charge in [-0.15, -0.1) is 0 Å². The zero-order chi connectivity index (χ0) is 22.8. The van der Waals surface area contributed by atoms with E-state index in [0.29, 0.717) is 5.92 Å². The number of hydrogen-bond acceptors (Lipinski definition) is 4. The molecule has 8 nitrogen and oxygen atoms in total. The van der Waals surface area contributed by atoms with E-state index in [9.17, 15) is 22.8 Å². The minimum Gasteiger partial charge on any atom is -0.475 e. The number of aromatic nitrogens is 3. The Balaban J connectivity index is 0.000000339. The molecular weight excluding hydrogens is 417 g/mol. The van der Waals surface area contributed by atoms with Gasteiger partial charge >= 0.3 is 17.8 Å². The normalized spacial score (nSPS) is 14.8. The number of nitrogens with one attached hydrogen (secondary N) is 2. The lowest BCUT2D eigenvalue weighted by atomic mass is 9.94. The number of halogens is 3. The van der Waals surface area contributed by atoms with Crippen LogP contribution in [0.5, 0.6) is 0 Å². The third-order valence-electron chi connectivity index (χ3n) is 5.18. The van der Waals surface area contributed by atoms with Crippen molar-refractivity contribution >= 4 is 16.9 Å². The van der Waals surface area contributed by atoms with Crippen molar-refractivity contribution in [2.75, 3.05) is 13.1 Å². The first-order chi connectivity index (χ1) is 14.6. The molecule has 0 aliphatic carbocycles. The Bertz CT molecular complexity index is 1200. The van der Waals surface area contributed by atoms with Gasteiger partial charge in [-0.25, -0.2) is 9.59 Å². The summed E-state index contributed by atoms with van der Waals surface area (Å²) in [5.41, 5.74) is 2.40. The van der Waals surface area contributed by atoms with Gasteiger partial charge in [-0.05, 0) is 44.1 Å². The molecule has 1 aliphatic rings. The van der Waals surface area contributed by atoms with Crippen molar-refractivity contribution in [2.24, 2.45) is 7.05 Å². The highest BCUT2D eigenvalue weighted by atomic mass is 19.4. The molecule has 1 aromatic carbocycles. The van der Waals surface area contributed by atoms with E-state index in [1.54, 1.807) is 0 Å². The smallest absolute Gasteiger partial charge is 0.475 e. The van der Waals surface area contributed by atoms with Crippen molar-refractivity contribution in [2.45, 2.75) is 24.9 Å². The molecule has 0 spiro atoms. The highest BCUT2D eigenvalue weighted by Gasteiger charge is 2.38. The average molecular weight is 438 g/mol. The second kappa shape index (κ2) is 8.80. The zero-order valence-corrected chi connectivity index (χ0v) is 16.6. The van der Waals surface area contributed by atoms with Gasteiger partial charge in [-0.2, -0.15) is 13.2 Å². The van der Waals surface area contributed by atoms with Gasteiger partial charge in [0.15, 0.2) is 0 Å². The van der Waals surface area contributed by atoms with Gasteiger partial charge < -0.3 is 15.0 Å². The largest absolute Gasteiger partial charge is 0.490 e. The van der Waals surface area contributed by atoms with E-state index < -0.39 is 17.8 Å². The van der Waals surface area contributed by atoms with E-state index in [1.807, 2.05) is 12.1 Å². The molecule has 2 aromatic heterocycles. The van der Waals surface area contributed by atoms with Crippen molar-refractivity contribution in [3.8, 4) is 5.69 Å². The van der Waals surface area contributed by atoms with Gasteiger partial charge in [-0.1, -0.05) is 6.07 Å². The number of hydrogen-bond donors (Lipinski definition) is 3. The fourth-order valence-corrected chi connectivity index (χ4v) is 3.69. The molecule has 0 atom stereocenters. The standard InChI is InChI=1S/C18H20N4O2.C2HF3O2/c1-21-14-3-2-4-15(22-10-7-17(23)20-18(22)24)13(14)11-16(21)12-5-8-19-9-6-12;3-2(4,5)1(6)7/h2-4,7,10-12,19H,5-6,8-9H2,1H3,(H,20,23,24);(H,6,7). The number of rotatable bonds is 2. The van der Waals surface area contributed by atoms with Crippen LogP contribution in [0.1, 0.15) is 24.5 Å². The number of alkyl halides is 3. The number of piperidine rings is 1. The Labute approximate surface area is 173 Å². The SMILES string of the molecule is Cn1c(C2CCNCC2)cc2c(-n3ccc(=O)[nH]c3=O)cccc21.O=C(O)C(F)(F)F. The lowest BCUT2D eigenvalue weighted by Crippen LogP contribution is -2.27. The highest BCUT2D eigenvalue weighted by Crippen LogP contribution is 2.32. The number of benzene rings is 1. The summed E-state index contributed by atoms with van der Waals surface area (Å²) in [5.74, 6) is -2.23. The molecule has 31 heavy (non-hydrogen) atoms. The quantitative estimate of drug-likeness (QED) is 0.568. The number of aryl methyl sites for hydroxylation is 1. The number of aromatic amines is 1. The van der Waals surface area contributed by atoms with Crippen molar-refractivity contribution in [3.63, 3.8) is 0 Å². The highest BCUT2D eigenvalue weighted by molar-refractivity contribution is 5.89. The summed E-state index contributed by atoms with van der Waals surface area (Å²) < 4.78 is 35.5. The molecular formula is C20H21F3N4O4.